The number of thiophene rings is 1. The minimum atomic E-state index is 0. The summed E-state index contributed by atoms with van der Waals surface area (Å²) in [5.74, 6) is 1.35. The Labute approximate surface area is 172 Å². The topological polar surface area (TPSA) is 39.7 Å². The van der Waals surface area contributed by atoms with E-state index in [1.54, 1.807) is 11.3 Å². The summed E-state index contributed by atoms with van der Waals surface area (Å²) in [5, 5.41) is 8.89. The van der Waals surface area contributed by atoms with Crippen LogP contribution in [0, 0.1) is 0 Å². The lowest BCUT2D eigenvalue weighted by molar-refractivity contribution is 0.709. The molecule has 1 atom stereocenters. The zero-order valence-electron chi connectivity index (χ0n) is 15.5. The van der Waals surface area contributed by atoms with E-state index in [1.165, 1.54) is 16.1 Å². The molecule has 0 bridgehead atoms. The fourth-order valence-corrected chi connectivity index (χ4v) is 3.12. The molecule has 25 heavy (non-hydrogen) atoms. The van der Waals surface area contributed by atoms with Crippen LogP contribution < -0.4 is 15.5 Å². The van der Waals surface area contributed by atoms with E-state index in [2.05, 4.69) is 85.3 Å². The van der Waals surface area contributed by atoms with E-state index >= 15 is 0 Å². The monoisotopic (exact) mass is 472 g/mol. The summed E-state index contributed by atoms with van der Waals surface area (Å²) in [6.45, 7) is 6.75. The highest BCUT2D eigenvalue weighted by Gasteiger charge is 2.07. The van der Waals surface area contributed by atoms with E-state index in [-0.39, 0.29) is 24.0 Å². The maximum Gasteiger partial charge on any atom is 0.191 e. The molecule has 138 valence electrons. The van der Waals surface area contributed by atoms with Gasteiger partial charge < -0.3 is 15.5 Å². The van der Waals surface area contributed by atoms with Gasteiger partial charge in [-0.1, -0.05) is 25.1 Å². The number of aliphatic imine (C=N–C) groups is 1. The SMILES string of the molecule is CCNC(=NCc1ccc(N(C)C)cc1)NCC(C)c1cccs1.I. The molecule has 0 aliphatic carbocycles. The smallest absolute Gasteiger partial charge is 0.191 e. The molecule has 0 aliphatic rings. The number of hydrogen-bond donors (Lipinski definition) is 2. The minimum Gasteiger partial charge on any atom is -0.378 e. The third-order valence-corrected chi connectivity index (χ3v) is 4.93. The van der Waals surface area contributed by atoms with Crippen LogP contribution in [0.15, 0.2) is 46.8 Å². The number of anilines is 1. The standard InChI is InChI=1S/C19H28N4S.HI/c1-5-20-19(21-13-15(2)18-7-6-12-24-18)22-14-16-8-10-17(11-9-16)23(3)4;/h6-12,15H,5,13-14H2,1-4H3,(H2,20,21,22);1H. The molecule has 0 aliphatic heterocycles. The van der Waals surface area contributed by atoms with Crippen molar-refractivity contribution in [2.24, 2.45) is 4.99 Å². The molecule has 4 nitrogen and oxygen atoms in total. The van der Waals surface area contributed by atoms with Gasteiger partial charge in [0.15, 0.2) is 5.96 Å². The van der Waals surface area contributed by atoms with Gasteiger partial charge in [-0.2, -0.15) is 0 Å². The molecule has 0 spiro atoms. The van der Waals surface area contributed by atoms with Gasteiger partial charge in [0, 0.05) is 43.7 Å². The molecule has 6 heteroatoms. The molecule has 1 aromatic carbocycles. The second-order valence-corrected chi connectivity index (χ2v) is 7.03. The lowest BCUT2D eigenvalue weighted by Gasteiger charge is -2.15. The van der Waals surface area contributed by atoms with Crippen LogP contribution in [0.1, 0.15) is 30.2 Å². The van der Waals surface area contributed by atoms with E-state index in [0.717, 1.165) is 19.0 Å². The normalized spacial score (nSPS) is 12.2. The maximum atomic E-state index is 4.70. The van der Waals surface area contributed by atoms with Crippen molar-refractivity contribution in [3.05, 3.63) is 52.2 Å². The van der Waals surface area contributed by atoms with Crippen LogP contribution >= 0.6 is 35.3 Å². The molecule has 1 unspecified atom stereocenters. The van der Waals surface area contributed by atoms with Crippen molar-refractivity contribution in [2.45, 2.75) is 26.3 Å². The lowest BCUT2D eigenvalue weighted by atomic mass is 10.1. The average molecular weight is 472 g/mol. The predicted octanol–water partition coefficient (Wildman–Crippen LogP) is 4.29. The first-order valence-electron chi connectivity index (χ1n) is 8.42. The minimum absolute atomic E-state index is 0. The van der Waals surface area contributed by atoms with Crippen molar-refractivity contribution in [1.82, 2.24) is 10.6 Å². The number of guanidine groups is 1. The molecule has 1 aromatic heterocycles. The predicted molar refractivity (Wildman–Crippen MR) is 122 cm³/mol. The Hall–Kier alpha value is -1.28. The molecule has 0 radical (unpaired) electrons. The highest BCUT2D eigenvalue weighted by molar-refractivity contribution is 14.0. The number of halogens is 1. The van der Waals surface area contributed by atoms with Gasteiger partial charge >= 0.3 is 0 Å². The summed E-state index contributed by atoms with van der Waals surface area (Å²) < 4.78 is 0. The highest BCUT2D eigenvalue weighted by Crippen LogP contribution is 2.19. The Balaban J connectivity index is 0.00000312. The molecule has 0 saturated heterocycles. The summed E-state index contributed by atoms with van der Waals surface area (Å²) >= 11 is 1.81. The third-order valence-electron chi connectivity index (χ3n) is 3.82. The van der Waals surface area contributed by atoms with Crippen LogP contribution in [0.4, 0.5) is 5.69 Å². The van der Waals surface area contributed by atoms with Crippen molar-refractivity contribution in [3.63, 3.8) is 0 Å². The van der Waals surface area contributed by atoms with Crippen molar-refractivity contribution in [3.8, 4) is 0 Å². The third kappa shape index (κ3) is 7.23. The van der Waals surface area contributed by atoms with Crippen LogP contribution in [0.2, 0.25) is 0 Å². The van der Waals surface area contributed by atoms with Gasteiger partial charge in [-0.05, 0) is 36.1 Å². The Morgan fingerprint density at radius 2 is 1.88 bits per heavy atom. The molecule has 0 saturated carbocycles. The Kier molecular flexibility index (Phi) is 9.89. The number of nitrogens with zero attached hydrogens (tertiary/aromatic N) is 2. The van der Waals surface area contributed by atoms with E-state index in [4.69, 9.17) is 4.99 Å². The van der Waals surface area contributed by atoms with Crippen LogP contribution in [0.25, 0.3) is 0 Å². The van der Waals surface area contributed by atoms with Crippen LogP contribution in [0.3, 0.4) is 0 Å². The summed E-state index contributed by atoms with van der Waals surface area (Å²) in [4.78, 5) is 8.20. The number of hydrogen-bond acceptors (Lipinski definition) is 3. The molecular weight excluding hydrogens is 443 g/mol. The molecule has 2 aromatic rings. The van der Waals surface area contributed by atoms with Gasteiger partial charge in [0.2, 0.25) is 0 Å². The Morgan fingerprint density at radius 3 is 2.44 bits per heavy atom. The van der Waals surface area contributed by atoms with E-state index in [9.17, 15) is 0 Å². The molecular formula is C19H29IN4S. The molecule has 0 amide bonds. The zero-order chi connectivity index (χ0) is 17.4. The second-order valence-electron chi connectivity index (χ2n) is 6.05. The van der Waals surface area contributed by atoms with E-state index in [0.29, 0.717) is 12.5 Å². The van der Waals surface area contributed by atoms with E-state index < -0.39 is 0 Å². The van der Waals surface area contributed by atoms with Gasteiger partial charge in [-0.25, -0.2) is 4.99 Å². The molecule has 1 heterocycles. The van der Waals surface area contributed by atoms with Gasteiger partial charge in [0.05, 0.1) is 6.54 Å². The van der Waals surface area contributed by atoms with Crippen LogP contribution in [0.5, 0.6) is 0 Å². The Bertz CT molecular complexity index is 623. The maximum absolute atomic E-state index is 4.70. The number of benzene rings is 1. The fraction of sp³-hybridized carbons (Fsp3) is 0.421. The summed E-state index contributed by atoms with van der Waals surface area (Å²) in [6.07, 6.45) is 0. The van der Waals surface area contributed by atoms with Gasteiger partial charge in [-0.3, -0.25) is 0 Å². The van der Waals surface area contributed by atoms with Gasteiger partial charge in [-0.15, -0.1) is 35.3 Å². The van der Waals surface area contributed by atoms with Crippen molar-refractivity contribution < 1.29 is 0 Å². The summed E-state index contributed by atoms with van der Waals surface area (Å²) in [7, 11) is 4.10. The summed E-state index contributed by atoms with van der Waals surface area (Å²) in [5.41, 5.74) is 2.42. The first kappa shape index (κ1) is 21.8. The first-order valence-corrected chi connectivity index (χ1v) is 9.30. The number of nitrogens with one attached hydrogen (secondary N) is 2. The van der Waals surface area contributed by atoms with E-state index in [1.807, 2.05) is 0 Å². The molecule has 2 N–H and O–H groups in total. The van der Waals surface area contributed by atoms with Gasteiger partial charge in [0.1, 0.15) is 0 Å². The fourth-order valence-electron chi connectivity index (χ4n) is 2.33. The second kappa shape index (κ2) is 11.4. The van der Waals surface area contributed by atoms with Crippen molar-refractivity contribution in [2.75, 3.05) is 32.1 Å². The Morgan fingerprint density at radius 1 is 1.16 bits per heavy atom. The van der Waals surface area contributed by atoms with Crippen molar-refractivity contribution in [1.29, 1.82) is 0 Å². The summed E-state index contributed by atoms with van der Waals surface area (Å²) in [6, 6.07) is 12.8. The highest BCUT2D eigenvalue weighted by atomic mass is 127. The van der Waals surface area contributed by atoms with Crippen LogP contribution in [-0.2, 0) is 6.54 Å². The molecule has 2 rings (SSSR count). The van der Waals surface area contributed by atoms with Crippen molar-refractivity contribution >= 4 is 47.0 Å². The number of rotatable bonds is 7. The molecule has 0 fully saturated rings. The van der Waals surface area contributed by atoms with Gasteiger partial charge in [0.25, 0.3) is 0 Å². The average Bonchev–Trinajstić information content (AvgIpc) is 3.12. The zero-order valence-corrected chi connectivity index (χ0v) is 18.6. The largest absolute Gasteiger partial charge is 0.378 e. The van der Waals surface area contributed by atoms with Crippen LogP contribution in [-0.4, -0.2) is 33.1 Å². The first-order chi connectivity index (χ1) is 11.6. The lowest BCUT2D eigenvalue weighted by Crippen LogP contribution is -2.39. The quantitative estimate of drug-likeness (QED) is 0.359.